The van der Waals surface area contributed by atoms with Gasteiger partial charge < -0.3 is 14.2 Å². The van der Waals surface area contributed by atoms with Gasteiger partial charge in [0.15, 0.2) is 0 Å². The van der Waals surface area contributed by atoms with Crippen LogP contribution in [0, 0.1) is 0 Å². The van der Waals surface area contributed by atoms with Crippen LogP contribution in [0.15, 0.2) is 53.5 Å². The van der Waals surface area contributed by atoms with Crippen LogP contribution in [0.4, 0.5) is 5.95 Å². The summed E-state index contributed by atoms with van der Waals surface area (Å²) in [6.45, 7) is 4.37. The summed E-state index contributed by atoms with van der Waals surface area (Å²) in [7, 11) is 1.67. The standard InChI is InChI=1S/C22H26N4O/c1-27-19-11-9-18(10-12-19)17-23-22-24-20-7-3-4-8-21(20)26(22)16-15-25-13-5-2-6-14-25/h3-4,7-12,17H,2,5-6,13-16H2,1H3. The fraction of sp³-hybridized carbons (Fsp3) is 0.364. The molecule has 1 aromatic heterocycles. The second-order valence-corrected chi connectivity index (χ2v) is 6.99. The summed E-state index contributed by atoms with van der Waals surface area (Å²) in [5.41, 5.74) is 3.18. The van der Waals surface area contributed by atoms with E-state index < -0.39 is 0 Å². The molecule has 0 bridgehead atoms. The van der Waals surface area contributed by atoms with E-state index in [1.54, 1.807) is 7.11 Å². The van der Waals surface area contributed by atoms with Gasteiger partial charge in [0.25, 0.3) is 0 Å². The first kappa shape index (κ1) is 17.7. The van der Waals surface area contributed by atoms with Gasteiger partial charge in [-0.25, -0.2) is 9.98 Å². The van der Waals surface area contributed by atoms with Crippen molar-refractivity contribution >= 4 is 23.2 Å². The van der Waals surface area contributed by atoms with Crippen LogP contribution in [0.25, 0.3) is 11.0 Å². The molecule has 0 spiro atoms. The Morgan fingerprint density at radius 1 is 1.00 bits per heavy atom. The minimum absolute atomic E-state index is 0.768. The molecular formula is C22H26N4O. The molecule has 4 rings (SSSR count). The number of fused-ring (bicyclic) bond motifs is 1. The van der Waals surface area contributed by atoms with Crippen LogP contribution in [0.5, 0.6) is 5.75 Å². The van der Waals surface area contributed by atoms with Crippen molar-refractivity contribution in [1.29, 1.82) is 0 Å². The molecule has 3 aromatic rings. The molecule has 0 aliphatic carbocycles. The first-order chi connectivity index (χ1) is 13.3. The summed E-state index contributed by atoms with van der Waals surface area (Å²) < 4.78 is 7.45. The van der Waals surface area contributed by atoms with Crippen molar-refractivity contribution in [2.24, 2.45) is 4.99 Å². The van der Waals surface area contributed by atoms with Crippen molar-refractivity contribution in [2.45, 2.75) is 25.8 Å². The number of rotatable bonds is 6. The molecule has 1 aliphatic heterocycles. The minimum atomic E-state index is 0.768. The number of aromatic nitrogens is 2. The second-order valence-electron chi connectivity index (χ2n) is 6.99. The lowest BCUT2D eigenvalue weighted by Crippen LogP contribution is -2.32. The van der Waals surface area contributed by atoms with Crippen molar-refractivity contribution in [1.82, 2.24) is 14.5 Å². The number of benzene rings is 2. The Labute approximate surface area is 160 Å². The van der Waals surface area contributed by atoms with Gasteiger partial charge in [0.1, 0.15) is 5.75 Å². The SMILES string of the molecule is COc1ccc(C=Nc2nc3ccccc3n2CCN2CCCCC2)cc1. The maximum absolute atomic E-state index is 5.21. The van der Waals surface area contributed by atoms with Crippen molar-refractivity contribution in [2.75, 3.05) is 26.7 Å². The van der Waals surface area contributed by atoms with E-state index in [2.05, 4.69) is 27.7 Å². The molecule has 5 nitrogen and oxygen atoms in total. The highest BCUT2D eigenvalue weighted by atomic mass is 16.5. The molecule has 0 N–H and O–H groups in total. The molecule has 5 heteroatoms. The molecule has 0 radical (unpaired) electrons. The Balaban J connectivity index is 1.57. The van der Waals surface area contributed by atoms with Crippen LogP contribution in [-0.4, -0.2) is 47.4 Å². The summed E-state index contributed by atoms with van der Waals surface area (Å²) in [4.78, 5) is 12.0. The summed E-state index contributed by atoms with van der Waals surface area (Å²) in [6, 6.07) is 16.2. The summed E-state index contributed by atoms with van der Waals surface area (Å²) in [5, 5.41) is 0. The fourth-order valence-electron chi connectivity index (χ4n) is 3.63. The van der Waals surface area contributed by atoms with E-state index in [9.17, 15) is 0 Å². The van der Waals surface area contributed by atoms with Crippen molar-refractivity contribution in [3.63, 3.8) is 0 Å². The van der Waals surface area contributed by atoms with Gasteiger partial charge in [0.2, 0.25) is 5.95 Å². The molecule has 140 valence electrons. The zero-order valence-corrected chi connectivity index (χ0v) is 15.8. The first-order valence-corrected chi connectivity index (χ1v) is 9.69. The van der Waals surface area contributed by atoms with Crippen LogP contribution in [0.1, 0.15) is 24.8 Å². The first-order valence-electron chi connectivity index (χ1n) is 9.69. The lowest BCUT2D eigenvalue weighted by Gasteiger charge is -2.26. The predicted octanol–water partition coefficient (Wildman–Crippen LogP) is 4.28. The maximum Gasteiger partial charge on any atom is 0.230 e. The van der Waals surface area contributed by atoms with Crippen LogP contribution in [0.2, 0.25) is 0 Å². The maximum atomic E-state index is 5.21. The zero-order chi connectivity index (χ0) is 18.5. The highest BCUT2D eigenvalue weighted by molar-refractivity contribution is 5.83. The fourth-order valence-corrected chi connectivity index (χ4v) is 3.63. The third-order valence-corrected chi connectivity index (χ3v) is 5.17. The molecular weight excluding hydrogens is 336 g/mol. The normalized spacial score (nSPS) is 15.6. The number of piperidine rings is 1. The van der Waals surface area contributed by atoms with Gasteiger partial charge in [0.05, 0.1) is 18.1 Å². The van der Waals surface area contributed by atoms with Gasteiger partial charge in [0, 0.05) is 19.3 Å². The highest BCUT2D eigenvalue weighted by Gasteiger charge is 2.13. The van der Waals surface area contributed by atoms with Gasteiger partial charge >= 0.3 is 0 Å². The van der Waals surface area contributed by atoms with Gasteiger partial charge in [-0.2, -0.15) is 0 Å². The third-order valence-electron chi connectivity index (χ3n) is 5.17. The van der Waals surface area contributed by atoms with E-state index in [0.29, 0.717) is 0 Å². The van der Waals surface area contributed by atoms with E-state index in [-0.39, 0.29) is 0 Å². The Kier molecular flexibility index (Phi) is 5.49. The highest BCUT2D eigenvalue weighted by Crippen LogP contribution is 2.22. The van der Waals surface area contributed by atoms with E-state index in [1.807, 2.05) is 36.5 Å². The molecule has 1 aliphatic rings. The average Bonchev–Trinajstić information content (AvgIpc) is 3.09. The number of likely N-dealkylation sites (tertiary alicyclic amines) is 1. The molecule has 0 unspecified atom stereocenters. The number of ether oxygens (including phenoxy) is 1. The lowest BCUT2D eigenvalue weighted by atomic mass is 10.1. The number of methoxy groups -OCH3 is 1. The monoisotopic (exact) mass is 362 g/mol. The minimum Gasteiger partial charge on any atom is -0.497 e. The van der Waals surface area contributed by atoms with Crippen molar-refractivity contribution in [3.8, 4) is 5.75 Å². The van der Waals surface area contributed by atoms with Crippen molar-refractivity contribution < 1.29 is 4.74 Å². The number of aliphatic imine (C=N–C) groups is 1. The summed E-state index contributed by atoms with van der Waals surface area (Å²) in [5.74, 6) is 1.62. The number of imidazole rings is 1. The van der Waals surface area contributed by atoms with E-state index in [1.165, 1.54) is 32.4 Å². The van der Waals surface area contributed by atoms with Gasteiger partial charge in [-0.15, -0.1) is 0 Å². The van der Waals surface area contributed by atoms with E-state index >= 15 is 0 Å². The Morgan fingerprint density at radius 3 is 2.56 bits per heavy atom. The van der Waals surface area contributed by atoms with E-state index in [4.69, 9.17) is 14.7 Å². The van der Waals surface area contributed by atoms with Crippen LogP contribution in [0.3, 0.4) is 0 Å². The molecule has 0 saturated carbocycles. The van der Waals surface area contributed by atoms with Gasteiger partial charge in [-0.05, 0) is 67.9 Å². The third kappa shape index (κ3) is 4.19. The molecule has 1 fully saturated rings. The predicted molar refractivity (Wildman–Crippen MR) is 110 cm³/mol. The Bertz CT molecular complexity index is 908. The zero-order valence-electron chi connectivity index (χ0n) is 15.8. The average molecular weight is 362 g/mol. The van der Waals surface area contributed by atoms with Crippen molar-refractivity contribution in [3.05, 3.63) is 54.1 Å². The molecule has 27 heavy (non-hydrogen) atoms. The number of hydrogen-bond acceptors (Lipinski definition) is 4. The number of nitrogens with zero attached hydrogens (tertiary/aromatic N) is 4. The van der Waals surface area contributed by atoms with Gasteiger partial charge in [-0.3, -0.25) is 0 Å². The summed E-state index contributed by atoms with van der Waals surface area (Å²) >= 11 is 0. The van der Waals surface area contributed by atoms with Crippen LogP contribution >= 0.6 is 0 Å². The molecule has 0 atom stereocenters. The quantitative estimate of drug-likeness (QED) is 0.615. The Morgan fingerprint density at radius 2 is 1.78 bits per heavy atom. The van der Waals surface area contributed by atoms with Gasteiger partial charge in [-0.1, -0.05) is 18.6 Å². The molecule has 1 saturated heterocycles. The number of para-hydroxylation sites is 2. The number of hydrogen-bond donors (Lipinski definition) is 0. The van der Waals surface area contributed by atoms with Crippen LogP contribution < -0.4 is 4.74 Å². The molecule has 2 aromatic carbocycles. The smallest absolute Gasteiger partial charge is 0.230 e. The topological polar surface area (TPSA) is 42.7 Å². The largest absolute Gasteiger partial charge is 0.497 e. The Hall–Kier alpha value is -2.66. The lowest BCUT2D eigenvalue weighted by molar-refractivity contribution is 0.222. The van der Waals surface area contributed by atoms with E-state index in [0.717, 1.165) is 41.4 Å². The molecule has 2 heterocycles. The molecule has 0 amide bonds. The second kappa shape index (κ2) is 8.35. The van der Waals surface area contributed by atoms with Crippen LogP contribution in [-0.2, 0) is 6.54 Å². The summed E-state index contributed by atoms with van der Waals surface area (Å²) in [6.07, 6.45) is 5.86.